The number of fused-ring (bicyclic) bond motifs is 1. The Bertz CT molecular complexity index is 1770. The predicted molar refractivity (Wildman–Crippen MR) is 179 cm³/mol. The van der Waals surface area contributed by atoms with Crippen LogP contribution in [0.25, 0.3) is 0 Å². The van der Waals surface area contributed by atoms with Gasteiger partial charge in [-0.25, -0.2) is 13.2 Å². The third-order valence-electron chi connectivity index (χ3n) is 9.46. The molecule has 6 rings (SSSR count). The summed E-state index contributed by atoms with van der Waals surface area (Å²) in [4.78, 5) is 35.4. The van der Waals surface area contributed by atoms with E-state index in [1.165, 1.54) is 32.4 Å². The molecule has 48 heavy (non-hydrogen) atoms. The van der Waals surface area contributed by atoms with Gasteiger partial charge in [-0.05, 0) is 76.3 Å². The van der Waals surface area contributed by atoms with Crippen LogP contribution in [0.5, 0.6) is 17.2 Å². The topological polar surface area (TPSA) is 118 Å². The molecule has 3 aromatic rings. The lowest BCUT2D eigenvalue weighted by atomic mass is 9.86. The van der Waals surface area contributed by atoms with E-state index >= 15 is 4.79 Å². The van der Waals surface area contributed by atoms with Crippen molar-refractivity contribution in [2.75, 3.05) is 71.4 Å². The SMILES string of the molecule is CCOc1ccccc1C1(OC(=O)N2CCN(C3CCN(C)CC3)CC2)C(=O)N(S(=O)(=O)c2ccccc2OC)c2ccc(OC)cc21. The van der Waals surface area contributed by atoms with Gasteiger partial charge in [0.15, 0.2) is 0 Å². The minimum absolute atomic E-state index is 0.0258. The van der Waals surface area contributed by atoms with Gasteiger partial charge in [0.25, 0.3) is 15.9 Å². The third kappa shape index (κ3) is 5.84. The molecule has 12 nitrogen and oxygen atoms in total. The first-order chi connectivity index (χ1) is 23.1. The van der Waals surface area contributed by atoms with Crippen molar-refractivity contribution >= 4 is 27.7 Å². The monoisotopic (exact) mass is 678 g/mol. The Kier molecular flexibility index (Phi) is 9.55. The van der Waals surface area contributed by atoms with Crippen LogP contribution in [0.2, 0.25) is 0 Å². The van der Waals surface area contributed by atoms with Crippen molar-refractivity contribution in [2.45, 2.75) is 36.3 Å². The summed E-state index contributed by atoms with van der Waals surface area (Å²) in [6, 6.07) is 17.8. The number of carbonyl (C=O) groups is 2. The van der Waals surface area contributed by atoms with E-state index in [2.05, 4.69) is 16.8 Å². The molecular formula is C35H42N4O8S. The number of ether oxygens (including phenoxy) is 4. The van der Waals surface area contributed by atoms with Crippen molar-refractivity contribution in [3.8, 4) is 17.2 Å². The van der Waals surface area contributed by atoms with Crippen LogP contribution < -0.4 is 18.5 Å². The molecule has 3 aliphatic rings. The van der Waals surface area contributed by atoms with E-state index in [9.17, 15) is 13.2 Å². The van der Waals surface area contributed by atoms with Crippen molar-refractivity contribution < 1.29 is 37.0 Å². The molecular weight excluding hydrogens is 636 g/mol. The molecule has 3 heterocycles. The van der Waals surface area contributed by atoms with Gasteiger partial charge in [-0.15, -0.1) is 0 Å². The summed E-state index contributed by atoms with van der Waals surface area (Å²) in [5.74, 6) is -0.299. The van der Waals surface area contributed by atoms with Gasteiger partial charge in [-0.3, -0.25) is 9.69 Å². The average Bonchev–Trinajstić information content (AvgIpc) is 3.36. The van der Waals surface area contributed by atoms with E-state index in [4.69, 9.17) is 18.9 Å². The van der Waals surface area contributed by atoms with Crippen LogP contribution in [0.15, 0.2) is 71.6 Å². The smallest absolute Gasteiger partial charge is 0.411 e. The summed E-state index contributed by atoms with van der Waals surface area (Å²) < 4.78 is 52.9. The van der Waals surface area contributed by atoms with Crippen LogP contribution in [0.1, 0.15) is 30.9 Å². The van der Waals surface area contributed by atoms with Crippen LogP contribution in [-0.4, -0.2) is 108 Å². The zero-order valence-electron chi connectivity index (χ0n) is 27.8. The number of benzene rings is 3. The fourth-order valence-corrected chi connectivity index (χ4v) is 8.53. The minimum atomic E-state index is -4.59. The highest BCUT2D eigenvalue weighted by Gasteiger charge is 2.61. The number of anilines is 1. The standard InChI is InChI=1S/C35H42N4O8S/c1-5-46-30-11-7-6-10-27(30)35(47-34(41)38-22-20-37(21-23-38)25-16-18-36(2)19-17-25)28-24-26(44-3)14-15-29(28)39(33(35)40)48(42,43)32-13-9-8-12-31(32)45-4/h6-15,24-25H,5,16-23H2,1-4H3. The molecule has 256 valence electrons. The Morgan fingerprint density at radius 2 is 1.52 bits per heavy atom. The molecule has 2 amide bonds. The number of methoxy groups -OCH3 is 2. The largest absolute Gasteiger partial charge is 0.497 e. The van der Waals surface area contributed by atoms with Crippen LogP contribution in [0, 0.1) is 0 Å². The van der Waals surface area contributed by atoms with Crippen molar-refractivity contribution in [1.82, 2.24) is 14.7 Å². The second-order valence-corrected chi connectivity index (χ2v) is 13.9. The van der Waals surface area contributed by atoms with Crippen molar-refractivity contribution in [1.29, 1.82) is 0 Å². The van der Waals surface area contributed by atoms with Gasteiger partial charge in [0.05, 0.1) is 32.1 Å². The summed E-state index contributed by atoms with van der Waals surface area (Å²) in [5, 5.41) is 0. The van der Waals surface area contributed by atoms with Crippen molar-refractivity contribution in [3.05, 3.63) is 77.9 Å². The minimum Gasteiger partial charge on any atom is -0.497 e. The van der Waals surface area contributed by atoms with E-state index in [1.54, 1.807) is 60.4 Å². The van der Waals surface area contributed by atoms with E-state index in [-0.39, 0.29) is 39.8 Å². The average molecular weight is 679 g/mol. The first-order valence-corrected chi connectivity index (χ1v) is 17.6. The van der Waals surface area contributed by atoms with Gasteiger partial charge in [0, 0.05) is 37.8 Å². The van der Waals surface area contributed by atoms with Crippen molar-refractivity contribution in [2.24, 2.45) is 0 Å². The Morgan fingerprint density at radius 1 is 0.854 bits per heavy atom. The summed E-state index contributed by atoms with van der Waals surface area (Å²) in [6.07, 6.45) is 1.41. The number of hydrogen-bond acceptors (Lipinski definition) is 10. The number of likely N-dealkylation sites (tertiary alicyclic amines) is 1. The number of sulfonamides is 1. The predicted octanol–water partition coefficient (Wildman–Crippen LogP) is 3.93. The molecule has 1 atom stereocenters. The molecule has 13 heteroatoms. The number of rotatable bonds is 9. The van der Waals surface area contributed by atoms with Crippen LogP contribution >= 0.6 is 0 Å². The third-order valence-corrected chi connectivity index (χ3v) is 11.2. The lowest BCUT2D eigenvalue weighted by Gasteiger charge is -2.42. The highest BCUT2D eigenvalue weighted by Crippen LogP contribution is 2.53. The zero-order valence-corrected chi connectivity index (χ0v) is 28.6. The Labute approximate surface area is 281 Å². The molecule has 0 saturated carbocycles. The fourth-order valence-electron chi connectivity index (χ4n) is 6.92. The van der Waals surface area contributed by atoms with E-state index < -0.39 is 27.6 Å². The molecule has 0 bridgehead atoms. The molecule has 3 aliphatic heterocycles. The van der Waals surface area contributed by atoms with Gasteiger partial charge < -0.3 is 28.7 Å². The van der Waals surface area contributed by atoms with Gasteiger partial charge in [-0.2, -0.15) is 4.31 Å². The second-order valence-electron chi connectivity index (χ2n) is 12.1. The molecule has 3 aromatic carbocycles. The van der Waals surface area contributed by atoms with Gasteiger partial charge >= 0.3 is 6.09 Å². The molecule has 0 spiro atoms. The molecule has 2 saturated heterocycles. The number of piperazine rings is 1. The lowest BCUT2D eigenvalue weighted by Crippen LogP contribution is -2.55. The Hall–Kier alpha value is -4.33. The van der Waals surface area contributed by atoms with Crippen LogP contribution in [0.4, 0.5) is 10.5 Å². The van der Waals surface area contributed by atoms with E-state index in [0.717, 1.165) is 25.9 Å². The fraction of sp³-hybridized carbons (Fsp3) is 0.429. The highest BCUT2D eigenvalue weighted by atomic mass is 32.2. The molecule has 0 radical (unpaired) electrons. The number of amides is 2. The van der Waals surface area contributed by atoms with Gasteiger partial charge in [0.1, 0.15) is 22.1 Å². The lowest BCUT2D eigenvalue weighted by molar-refractivity contribution is -0.132. The number of piperidine rings is 1. The van der Waals surface area contributed by atoms with Crippen LogP contribution in [-0.2, 0) is 25.2 Å². The second kappa shape index (κ2) is 13.7. The highest BCUT2D eigenvalue weighted by molar-refractivity contribution is 7.93. The zero-order chi connectivity index (χ0) is 34.1. The molecule has 1 unspecified atom stereocenters. The summed E-state index contributed by atoms with van der Waals surface area (Å²) in [7, 11) is 0.362. The van der Waals surface area contributed by atoms with E-state index in [0.29, 0.717) is 42.3 Å². The summed E-state index contributed by atoms with van der Waals surface area (Å²) >= 11 is 0. The molecule has 2 fully saturated rings. The van der Waals surface area contributed by atoms with Crippen molar-refractivity contribution in [3.63, 3.8) is 0 Å². The Balaban J connectivity index is 1.44. The Morgan fingerprint density at radius 3 is 2.19 bits per heavy atom. The number of carbonyl (C=O) groups excluding carboxylic acids is 2. The quantitative estimate of drug-likeness (QED) is 0.330. The summed E-state index contributed by atoms with van der Waals surface area (Å²) in [5.41, 5.74) is -1.87. The number of hydrogen-bond donors (Lipinski definition) is 0. The maximum absolute atomic E-state index is 15.1. The first-order valence-electron chi connectivity index (χ1n) is 16.2. The maximum Gasteiger partial charge on any atom is 0.411 e. The van der Waals surface area contributed by atoms with Gasteiger partial charge in [0.2, 0.25) is 5.60 Å². The normalized spacial score (nSPS) is 20.8. The maximum atomic E-state index is 15.1. The first kappa shape index (κ1) is 33.6. The van der Waals surface area contributed by atoms with Gasteiger partial charge in [-0.1, -0.05) is 30.3 Å². The number of para-hydroxylation sites is 2. The number of nitrogens with zero attached hydrogens (tertiary/aromatic N) is 4. The van der Waals surface area contributed by atoms with Crippen LogP contribution in [0.3, 0.4) is 0 Å². The van der Waals surface area contributed by atoms with E-state index in [1.807, 2.05) is 0 Å². The summed E-state index contributed by atoms with van der Waals surface area (Å²) in [6.45, 7) is 6.25. The molecule has 0 N–H and O–H groups in total. The molecule has 0 aliphatic carbocycles. The molecule has 0 aromatic heterocycles.